The van der Waals surface area contributed by atoms with Crippen molar-refractivity contribution in [2.45, 2.75) is 25.7 Å². The molecule has 14 heavy (non-hydrogen) atoms. The number of carboxylic acids is 1. The number of aliphatic carboxylic acids is 1. The summed E-state index contributed by atoms with van der Waals surface area (Å²) >= 11 is 5.91. The molecule has 1 rings (SSSR count). The second-order valence-corrected chi connectivity index (χ2v) is 3.71. The van der Waals surface area contributed by atoms with Crippen LogP contribution >= 0.6 is 11.6 Å². The van der Waals surface area contributed by atoms with Crippen molar-refractivity contribution in [3.05, 3.63) is 34.9 Å². The Bertz CT molecular complexity index is 300. The van der Waals surface area contributed by atoms with E-state index in [0.717, 1.165) is 29.9 Å². The molecule has 0 heterocycles. The maximum atomic E-state index is 10.5. The molecule has 0 spiro atoms. The SMILES string of the molecule is O=C(O)CC1=CC=C(Cl)CCCC=C1. The lowest BCUT2D eigenvalue weighted by Gasteiger charge is -1.95. The molecule has 0 aliphatic heterocycles. The summed E-state index contributed by atoms with van der Waals surface area (Å²) in [5.74, 6) is -0.815. The molecule has 0 aromatic carbocycles. The lowest BCUT2D eigenvalue weighted by atomic mass is 10.1. The Morgan fingerprint density at radius 1 is 1.50 bits per heavy atom. The molecule has 0 amide bonds. The van der Waals surface area contributed by atoms with E-state index in [1.807, 2.05) is 12.2 Å². The van der Waals surface area contributed by atoms with Gasteiger partial charge in [-0.15, -0.1) is 0 Å². The first-order valence-electron chi connectivity index (χ1n) is 4.62. The third-order valence-electron chi connectivity index (χ3n) is 1.95. The van der Waals surface area contributed by atoms with Crippen molar-refractivity contribution in [3.8, 4) is 0 Å². The molecular weight excluding hydrogens is 200 g/mol. The van der Waals surface area contributed by atoms with E-state index in [1.54, 1.807) is 12.2 Å². The number of carboxylic acid groups (broad SMARTS) is 1. The van der Waals surface area contributed by atoms with Gasteiger partial charge in [0, 0.05) is 5.03 Å². The zero-order chi connectivity index (χ0) is 10.4. The van der Waals surface area contributed by atoms with Crippen LogP contribution in [0.4, 0.5) is 0 Å². The Morgan fingerprint density at radius 3 is 3.00 bits per heavy atom. The van der Waals surface area contributed by atoms with E-state index in [4.69, 9.17) is 16.7 Å². The Labute approximate surface area is 88.6 Å². The maximum absolute atomic E-state index is 10.5. The van der Waals surface area contributed by atoms with Crippen molar-refractivity contribution >= 4 is 17.6 Å². The largest absolute Gasteiger partial charge is 0.481 e. The molecule has 0 atom stereocenters. The number of rotatable bonds is 2. The van der Waals surface area contributed by atoms with E-state index in [9.17, 15) is 4.79 Å². The smallest absolute Gasteiger partial charge is 0.307 e. The topological polar surface area (TPSA) is 37.3 Å². The molecule has 2 nitrogen and oxygen atoms in total. The van der Waals surface area contributed by atoms with Crippen LogP contribution in [-0.4, -0.2) is 11.1 Å². The van der Waals surface area contributed by atoms with E-state index in [0.29, 0.717) is 0 Å². The number of allylic oxidation sites excluding steroid dienone is 5. The molecule has 1 aliphatic carbocycles. The average Bonchev–Trinajstić information content (AvgIpc) is 2.19. The summed E-state index contributed by atoms with van der Waals surface area (Å²) < 4.78 is 0. The van der Waals surface area contributed by atoms with Gasteiger partial charge in [0.15, 0.2) is 0 Å². The predicted molar refractivity (Wildman–Crippen MR) is 57.3 cm³/mol. The maximum Gasteiger partial charge on any atom is 0.307 e. The lowest BCUT2D eigenvalue weighted by Crippen LogP contribution is -1.95. The zero-order valence-corrected chi connectivity index (χ0v) is 8.63. The van der Waals surface area contributed by atoms with Gasteiger partial charge in [0.2, 0.25) is 0 Å². The lowest BCUT2D eigenvalue weighted by molar-refractivity contribution is -0.136. The van der Waals surface area contributed by atoms with Crippen LogP contribution in [0.25, 0.3) is 0 Å². The summed E-state index contributed by atoms with van der Waals surface area (Å²) in [6.07, 6.45) is 10.3. The normalized spacial score (nSPS) is 17.5. The van der Waals surface area contributed by atoms with Crippen LogP contribution in [0.5, 0.6) is 0 Å². The third kappa shape index (κ3) is 4.28. The Morgan fingerprint density at radius 2 is 2.29 bits per heavy atom. The molecule has 0 saturated heterocycles. The van der Waals surface area contributed by atoms with Crippen LogP contribution in [0.3, 0.4) is 0 Å². The summed E-state index contributed by atoms with van der Waals surface area (Å²) in [5.41, 5.74) is 0.789. The number of hydrogen-bond donors (Lipinski definition) is 1. The van der Waals surface area contributed by atoms with Crippen LogP contribution in [0.1, 0.15) is 25.7 Å². The van der Waals surface area contributed by atoms with Crippen LogP contribution in [0.15, 0.2) is 34.9 Å². The molecular formula is C11H13ClO2. The van der Waals surface area contributed by atoms with Crippen LogP contribution in [-0.2, 0) is 4.79 Å². The highest BCUT2D eigenvalue weighted by molar-refractivity contribution is 6.29. The summed E-state index contributed by atoms with van der Waals surface area (Å²) in [6, 6.07) is 0. The van der Waals surface area contributed by atoms with Crippen LogP contribution < -0.4 is 0 Å². The summed E-state index contributed by atoms with van der Waals surface area (Å²) in [5, 5.41) is 9.42. The van der Waals surface area contributed by atoms with Crippen LogP contribution in [0.2, 0.25) is 0 Å². The molecule has 3 heteroatoms. The van der Waals surface area contributed by atoms with Crippen molar-refractivity contribution in [1.82, 2.24) is 0 Å². The van der Waals surface area contributed by atoms with Crippen LogP contribution in [0, 0.1) is 0 Å². The van der Waals surface area contributed by atoms with Gasteiger partial charge in [0.05, 0.1) is 6.42 Å². The van der Waals surface area contributed by atoms with Crippen molar-refractivity contribution in [2.24, 2.45) is 0 Å². The van der Waals surface area contributed by atoms with Crippen molar-refractivity contribution < 1.29 is 9.90 Å². The number of carbonyl (C=O) groups is 1. The predicted octanol–water partition coefficient (Wildman–Crippen LogP) is 3.25. The standard InChI is InChI=1S/C11H13ClO2/c12-10-5-3-1-2-4-9(6-7-10)8-11(13)14/h2,4,6-7H,1,3,5,8H2,(H,13,14). The summed E-state index contributed by atoms with van der Waals surface area (Å²) in [4.78, 5) is 10.5. The summed E-state index contributed by atoms with van der Waals surface area (Å²) in [6.45, 7) is 0. The van der Waals surface area contributed by atoms with E-state index < -0.39 is 5.97 Å². The molecule has 1 aliphatic rings. The molecule has 0 radical (unpaired) electrons. The first-order chi connectivity index (χ1) is 6.68. The monoisotopic (exact) mass is 212 g/mol. The molecule has 0 unspecified atom stereocenters. The van der Waals surface area contributed by atoms with E-state index in [2.05, 4.69) is 0 Å². The highest BCUT2D eigenvalue weighted by Crippen LogP contribution is 2.16. The van der Waals surface area contributed by atoms with Crippen molar-refractivity contribution in [1.29, 1.82) is 0 Å². The van der Waals surface area contributed by atoms with E-state index in [1.165, 1.54) is 0 Å². The van der Waals surface area contributed by atoms with Gasteiger partial charge in [-0.25, -0.2) is 0 Å². The van der Waals surface area contributed by atoms with E-state index in [-0.39, 0.29) is 6.42 Å². The van der Waals surface area contributed by atoms with Gasteiger partial charge in [-0.1, -0.05) is 29.8 Å². The second-order valence-electron chi connectivity index (χ2n) is 3.22. The average molecular weight is 213 g/mol. The van der Waals surface area contributed by atoms with Crippen molar-refractivity contribution in [2.75, 3.05) is 0 Å². The van der Waals surface area contributed by atoms with Gasteiger partial charge < -0.3 is 5.11 Å². The molecule has 0 fully saturated rings. The molecule has 0 aromatic rings. The van der Waals surface area contributed by atoms with Gasteiger partial charge in [0.1, 0.15) is 0 Å². The number of hydrogen-bond acceptors (Lipinski definition) is 1. The van der Waals surface area contributed by atoms with Gasteiger partial charge in [-0.2, -0.15) is 0 Å². The Hall–Kier alpha value is -1.02. The molecule has 0 saturated carbocycles. The first-order valence-corrected chi connectivity index (χ1v) is 5.00. The van der Waals surface area contributed by atoms with Crippen molar-refractivity contribution in [3.63, 3.8) is 0 Å². The van der Waals surface area contributed by atoms with Gasteiger partial charge in [-0.3, -0.25) is 4.79 Å². The molecule has 76 valence electrons. The molecule has 0 aromatic heterocycles. The Kier molecular flexibility index (Phi) is 4.47. The fraction of sp³-hybridized carbons (Fsp3) is 0.364. The van der Waals surface area contributed by atoms with Gasteiger partial charge in [-0.05, 0) is 30.9 Å². The minimum Gasteiger partial charge on any atom is -0.481 e. The minimum atomic E-state index is -0.815. The van der Waals surface area contributed by atoms with E-state index >= 15 is 0 Å². The fourth-order valence-electron chi connectivity index (χ4n) is 1.25. The first kappa shape index (κ1) is 11.1. The zero-order valence-electron chi connectivity index (χ0n) is 7.87. The van der Waals surface area contributed by atoms with Gasteiger partial charge in [0.25, 0.3) is 0 Å². The highest BCUT2D eigenvalue weighted by Gasteiger charge is 2.01. The molecule has 0 bridgehead atoms. The summed E-state index contributed by atoms with van der Waals surface area (Å²) in [7, 11) is 0. The molecule has 1 N–H and O–H groups in total. The minimum absolute atomic E-state index is 0.0527. The number of halogens is 1. The highest BCUT2D eigenvalue weighted by atomic mass is 35.5. The Balaban J connectivity index is 2.76. The van der Waals surface area contributed by atoms with Gasteiger partial charge >= 0.3 is 5.97 Å². The third-order valence-corrected chi connectivity index (χ3v) is 2.27. The second kappa shape index (κ2) is 5.66. The quantitative estimate of drug-likeness (QED) is 0.763. The fourth-order valence-corrected chi connectivity index (χ4v) is 1.45.